The molecule has 2 bridgehead atoms. The Kier molecular flexibility index (Phi) is 4.06. The maximum atomic E-state index is 12.7. The molecular weight excluding hydrogens is 340 g/mol. The maximum Gasteiger partial charge on any atom is 0.233 e. The quantitative estimate of drug-likeness (QED) is 0.309. The summed E-state index contributed by atoms with van der Waals surface area (Å²) >= 11 is 0. The lowest BCUT2D eigenvalue weighted by Gasteiger charge is -2.19. The number of amides is 2. The van der Waals surface area contributed by atoms with Gasteiger partial charge in [0.15, 0.2) is 5.96 Å². The number of rotatable bonds is 7. The lowest BCUT2D eigenvalue weighted by Crippen LogP contribution is -2.44. The minimum Gasteiger partial charge on any atom is -0.357 e. The first kappa shape index (κ1) is 17.3. The summed E-state index contributed by atoms with van der Waals surface area (Å²) in [6, 6.07) is 0. The Balaban J connectivity index is 1.16. The van der Waals surface area contributed by atoms with Gasteiger partial charge in [-0.15, -0.1) is 0 Å². The van der Waals surface area contributed by atoms with Crippen molar-refractivity contribution in [2.24, 2.45) is 40.0 Å². The fraction of sp³-hybridized carbons (Fsp3) is 0.762. The van der Waals surface area contributed by atoms with Gasteiger partial charge in [0.25, 0.3) is 0 Å². The third kappa shape index (κ3) is 2.88. The third-order valence-electron chi connectivity index (χ3n) is 7.42. The maximum absolute atomic E-state index is 12.7. The number of fused-ring (bicyclic) bond motifs is 5. The van der Waals surface area contributed by atoms with E-state index in [4.69, 9.17) is 4.99 Å². The van der Waals surface area contributed by atoms with E-state index < -0.39 is 0 Å². The predicted molar refractivity (Wildman–Crippen MR) is 103 cm³/mol. The summed E-state index contributed by atoms with van der Waals surface area (Å²) in [5.74, 6) is 2.16. The molecule has 5 rings (SSSR count). The Labute approximate surface area is 160 Å². The van der Waals surface area contributed by atoms with Crippen LogP contribution in [0.15, 0.2) is 17.1 Å². The summed E-state index contributed by atoms with van der Waals surface area (Å²) in [4.78, 5) is 31.8. The third-order valence-corrected chi connectivity index (χ3v) is 7.42. The molecule has 0 spiro atoms. The molecule has 6 nitrogen and oxygen atoms in total. The zero-order valence-corrected chi connectivity index (χ0v) is 16.1. The van der Waals surface area contributed by atoms with Crippen LogP contribution in [0.4, 0.5) is 0 Å². The van der Waals surface area contributed by atoms with Gasteiger partial charge < -0.3 is 10.6 Å². The number of guanidine groups is 1. The van der Waals surface area contributed by atoms with Gasteiger partial charge in [0.2, 0.25) is 11.8 Å². The van der Waals surface area contributed by atoms with Crippen molar-refractivity contribution in [2.75, 3.05) is 26.2 Å². The zero-order valence-electron chi connectivity index (χ0n) is 16.1. The van der Waals surface area contributed by atoms with Gasteiger partial charge in [0.1, 0.15) is 0 Å². The Morgan fingerprint density at radius 3 is 2.37 bits per heavy atom. The van der Waals surface area contributed by atoms with Crippen molar-refractivity contribution in [1.82, 2.24) is 15.5 Å². The second-order valence-electron chi connectivity index (χ2n) is 9.09. The fourth-order valence-corrected chi connectivity index (χ4v) is 5.60. The molecule has 0 radical (unpaired) electrons. The van der Waals surface area contributed by atoms with Crippen molar-refractivity contribution in [2.45, 2.75) is 39.0 Å². The number of nitrogens with one attached hydrogen (secondary N) is 2. The lowest BCUT2D eigenvalue weighted by molar-refractivity contribution is -0.140. The molecule has 3 saturated carbocycles. The van der Waals surface area contributed by atoms with Gasteiger partial charge in [0.05, 0.1) is 11.8 Å². The average Bonchev–Trinajstić information content (AvgIpc) is 3.56. The molecule has 6 heteroatoms. The van der Waals surface area contributed by atoms with Gasteiger partial charge in [-0.3, -0.25) is 19.5 Å². The first-order valence-corrected chi connectivity index (χ1v) is 10.7. The molecule has 4 unspecified atom stereocenters. The lowest BCUT2D eigenvalue weighted by atomic mass is 9.85. The van der Waals surface area contributed by atoms with Gasteiger partial charge in [-0.1, -0.05) is 12.2 Å². The Morgan fingerprint density at radius 2 is 1.81 bits per heavy atom. The highest BCUT2D eigenvalue weighted by Crippen LogP contribution is 2.61. The van der Waals surface area contributed by atoms with E-state index in [1.807, 2.05) is 0 Å². The second kappa shape index (κ2) is 6.35. The normalized spacial score (nSPS) is 35.7. The Morgan fingerprint density at radius 1 is 1.15 bits per heavy atom. The van der Waals surface area contributed by atoms with Crippen molar-refractivity contribution in [3.8, 4) is 0 Å². The number of carbonyl (C=O) groups excluding carboxylic acids is 2. The van der Waals surface area contributed by atoms with Crippen molar-refractivity contribution >= 4 is 17.8 Å². The van der Waals surface area contributed by atoms with Crippen LogP contribution in [0.1, 0.15) is 39.0 Å². The number of imide groups is 1. The van der Waals surface area contributed by atoms with Gasteiger partial charge in [-0.25, -0.2) is 0 Å². The number of likely N-dealkylation sites (tertiary alicyclic amines) is 1. The second-order valence-corrected chi connectivity index (χ2v) is 9.09. The first-order chi connectivity index (χ1) is 13.1. The van der Waals surface area contributed by atoms with E-state index in [1.54, 1.807) is 0 Å². The van der Waals surface area contributed by atoms with E-state index in [0.717, 1.165) is 31.4 Å². The largest absolute Gasteiger partial charge is 0.357 e. The zero-order chi connectivity index (χ0) is 18.6. The predicted octanol–water partition coefficient (Wildman–Crippen LogP) is 1.54. The highest BCUT2D eigenvalue weighted by molar-refractivity contribution is 6.06. The summed E-state index contributed by atoms with van der Waals surface area (Å²) < 4.78 is 0. The van der Waals surface area contributed by atoms with Crippen LogP contribution in [0.2, 0.25) is 0 Å². The molecule has 0 aromatic heterocycles. The van der Waals surface area contributed by atoms with Crippen LogP contribution in [0.5, 0.6) is 0 Å². The van der Waals surface area contributed by atoms with Crippen LogP contribution in [-0.2, 0) is 9.59 Å². The van der Waals surface area contributed by atoms with Crippen LogP contribution in [-0.4, -0.2) is 48.9 Å². The molecule has 146 valence electrons. The number of hydrogen-bond donors (Lipinski definition) is 2. The monoisotopic (exact) mass is 370 g/mol. The number of aliphatic imine (C=N–C) groups is 1. The smallest absolute Gasteiger partial charge is 0.233 e. The van der Waals surface area contributed by atoms with Crippen LogP contribution in [0.3, 0.4) is 0 Å². The van der Waals surface area contributed by atoms with Gasteiger partial charge in [-0.2, -0.15) is 0 Å². The molecular formula is C21H30N4O2. The van der Waals surface area contributed by atoms with E-state index in [1.165, 1.54) is 30.6 Å². The number of carbonyl (C=O) groups is 2. The van der Waals surface area contributed by atoms with Gasteiger partial charge >= 0.3 is 0 Å². The summed E-state index contributed by atoms with van der Waals surface area (Å²) in [7, 11) is 0. The molecule has 1 saturated heterocycles. The molecule has 1 aliphatic heterocycles. The molecule has 4 fully saturated rings. The summed E-state index contributed by atoms with van der Waals surface area (Å²) in [6.45, 7) is 4.75. The van der Waals surface area contributed by atoms with E-state index >= 15 is 0 Å². The van der Waals surface area contributed by atoms with E-state index in [0.29, 0.717) is 18.5 Å². The Hall–Kier alpha value is -1.85. The molecule has 2 N–H and O–H groups in total. The Bertz CT molecular complexity index is 677. The van der Waals surface area contributed by atoms with Crippen molar-refractivity contribution in [3.63, 3.8) is 0 Å². The molecule has 1 heterocycles. The molecule has 4 aliphatic carbocycles. The standard InChI is InChI=1S/C21H30N4O2/c1-2-22-20(24-12-21(7-8-21)15-5-6-15)23-9-10-25-18(26)16-13-3-4-14(11-13)17(16)19(25)27/h3-4,13-17H,2,5-12H2,1H3,(H2,22,23,24). The van der Waals surface area contributed by atoms with Crippen LogP contribution in [0, 0.1) is 35.0 Å². The van der Waals surface area contributed by atoms with Crippen LogP contribution < -0.4 is 10.6 Å². The highest BCUT2D eigenvalue weighted by Gasteiger charge is 2.59. The fourth-order valence-electron chi connectivity index (χ4n) is 5.60. The van der Waals surface area contributed by atoms with Gasteiger partial charge in [-0.05, 0) is 62.2 Å². The number of allylic oxidation sites excluding steroid dienone is 2. The minimum atomic E-state index is -0.0947. The molecule has 5 aliphatic rings. The molecule has 2 amide bonds. The number of hydrogen-bond acceptors (Lipinski definition) is 3. The topological polar surface area (TPSA) is 73.8 Å². The summed E-state index contributed by atoms with van der Waals surface area (Å²) in [5.41, 5.74) is 0.479. The van der Waals surface area contributed by atoms with Crippen molar-refractivity contribution < 1.29 is 9.59 Å². The SMILES string of the molecule is CCNC(=NCC1(C2CC2)CC1)NCCN1C(=O)C2C3C=CC(C3)C2C1=O. The van der Waals surface area contributed by atoms with Crippen LogP contribution >= 0.6 is 0 Å². The minimum absolute atomic E-state index is 0.0382. The van der Waals surface area contributed by atoms with E-state index in [9.17, 15) is 9.59 Å². The van der Waals surface area contributed by atoms with Crippen molar-refractivity contribution in [3.05, 3.63) is 12.2 Å². The molecule has 27 heavy (non-hydrogen) atoms. The van der Waals surface area contributed by atoms with E-state index in [2.05, 4.69) is 29.7 Å². The highest BCUT2D eigenvalue weighted by atomic mass is 16.2. The van der Waals surface area contributed by atoms with E-state index in [-0.39, 0.29) is 35.5 Å². The van der Waals surface area contributed by atoms with Gasteiger partial charge in [0, 0.05) is 26.2 Å². The molecule has 0 aromatic carbocycles. The van der Waals surface area contributed by atoms with Crippen molar-refractivity contribution in [1.29, 1.82) is 0 Å². The average molecular weight is 370 g/mol. The van der Waals surface area contributed by atoms with Crippen LogP contribution in [0.25, 0.3) is 0 Å². The molecule has 4 atom stereocenters. The number of nitrogens with zero attached hydrogens (tertiary/aromatic N) is 2. The first-order valence-electron chi connectivity index (χ1n) is 10.7. The molecule has 0 aromatic rings. The summed E-state index contributed by atoms with van der Waals surface area (Å²) in [6.07, 6.45) is 10.6. The summed E-state index contributed by atoms with van der Waals surface area (Å²) in [5, 5.41) is 6.62.